The lowest BCUT2D eigenvalue weighted by molar-refractivity contribution is 0.0982. The van der Waals surface area contributed by atoms with Gasteiger partial charge in [0.1, 0.15) is 16.7 Å². The Balaban J connectivity index is 0.00000213. The molecule has 1 amide bonds. The monoisotopic (exact) mass is 704 g/mol. The molecule has 47 heavy (non-hydrogen) atoms. The third-order valence-corrected chi connectivity index (χ3v) is 13.0. The number of hydrogen-bond acceptors (Lipinski definition) is 7. The van der Waals surface area contributed by atoms with Crippen LogP contribution in [-0.4, -0.2) is 64.4 Å². The average Bonchev–Trinajstić information content (AvgIpc) is 3.19. The molecule has 4 aliphatic rings. The van der Waals surface area contributed by atoms with Crippen molar-refractivity contribution >= 4 is 45.3 Å². The fourth-order valence-electron chi connectivity index (χ4n) is 7.79. The SMILES string of the molecule is CC1C/C=C/C(CCOS(C)=O)C2CCC2CN2C[C@@]3(CCCc4cc(Cl)ccc43)COc3ccc(cc32)C(=O)NS(=O)C1C.CO. The Hall–Kier alpha value is -2.24. The molecule has 8 nitrogen and oxygen atoms in total. The number of aliphatic hydroxyl groups excluding tert-OH is 1. The third-order valence-electron chi connectivity index (χ3n) is 10.7. The quantitative estimate of drug-likeness (QED) is 0.369. The summed E-state index contributed by atoms with van der Waals surface area (Å²) in [6.07, 6.45) is 13.0. The fraction of sp³-hybridized carbons (Fsp3) is 0.583. The summed E-state index contributed by atoms with van der Waals surface area (Å²) in [6.45, 7) is 6.65. The van der Waals surface area contributed by atoms with Crippen molar-refractivity contribution in [3.63, 3.8) is 0 Å². The third kappa shape index (κ3) is 8.15. The van der Waals surface area contributed by atoms with E-state index in [1.54, 1.807) is 12.3 Å². The number of anilines is 1. The van der Waals surface area contributed by atoms with Gasteiger partial charge in [-0.25, -0.2) is 8.42 Å². The topological polar surface area (TPSA) is 105 Å². The van der Waals surface area contributed by atoms with Crippen molar-refractivity contribution < 1.29 is 27.2 Å². The lowest BCUT2D eigenvalue weighted by Gasteiger charge is -2.46. The standard InChI is InChI=1S/C35H45ClN2O5S2.CH4O/c1-23-6-4-7-25(15-17-43-44(3)40)30-12-9-28(30)20-38-21-35(16-5-8-26-18-29(36)11-13-31(26)35)22-42-33-14-10-27(19-32(33)38)34(39)37-45(41)24(23)2;1-2/h4,7,10-11,13-14,18-19,23-25,28,30H,5-6,8-9,12,15-17,20-22H2,1-3H3,(H,37,39);2H,1H3/b7-4+;/t23?,24?,25?,28?,30?,35-,44?,45?;/m0./s1. The van der Waals surface area contributed by atoms with E-state index >= 15 is 0 Å². The van der Waals surface area contributed by atoms with Crippen molar-refractivity contribution in [2.45, 2.75) is 69.5 Å². The number of nitrogens with one attached hydrogen (secondary N) is 1. The minimum Gasteiger partial charge on any atom is -0.490 e. The minimum atomic E-state index is -1.53. The first-order valence-electron chi connectivity index (χ1n) is 16.7. The number of benzene rings is 2. The summed E-state index contributed by atoms with van der Waals surface area (Å²) in [4.78, 5) is 15.9. The predicted octanol–water partition coefficient (Wildman–Crippen LogP) is 6.14. The maximum Gasteiger partial charge on any atom is 0.263 e. The van der Waals surface area contributed by atoms with Crippen molar-refractivity contribution in [1.29, 1.82) is 0 Å². The van der Waals surface area contributed by atoms with Crippen molar-refractivity contribution in [2.24, 2.45) is 23.7 Å². The molecule has 1 fully saturated rings. The molecule has 0 aromatic heterocycles. The highest BCUT2D eigenvalue weighted by Crippen LogP contribution is 2.48. The largest absolute Gasteiger partial charge is 0.490 e. The minimum absolute atomic E-state index is 0.118. The molecule has 7 unspecified atom stereocenters. The van der Waals surface area contributed by atoms with E-state index in [2.05, 4.69) is 40.8 Å². The lowest BCUT2D eigenvalue weighted by atomic mass is 9.65. The van der Waals surface area contributed by atoms with Crippen LogP contribution < -0.4 is 14.4 Å². The maximum absolute atomic E-state index is 13.4. The van der Waals surface area contributed by atoms with Gasteiger partial charge in [-0.05, 0) is 117 Å². The molecule has 2 N–H and O–H groups in total. The van der Waals surface area contributed by atoms with Crippen LogP contribution in [0, 0.1) is 23.7 Å². The van der Waals surface area contributed by atoms with Gasteiger partial charge in [0, 0.05) is 42.5 Å². The smallest absolute Gasteiger partial charge is 0.263 e. The van der Waals surface area contributed by atoms with E-state index in [1.165, 1.54) is 11.1 Å². The second-order valence-corrected chi connectivity index (χ2v) is 16.6. The van der Waals surface area contributed by atoms with E-state index in [1.807, 2.05) is 25.1 Å². The van der Waals surface area contributed by atoms with Gasteiger partial charge < -0.3 is 14.7 Å². The maximum atomic E-state index is 13.4. The number of halogens is 1. The van der Waals surface area contributed by atoms with Gasteiger partial charge in [0.15, 0.2) is 11.1 Å². The van der Waals surface area contributed by atoms with Crippen LogP contribution in [0.5, 0.6) is 5.75 Å². The Morgan fingerprint density at radius 1 is 1.19 bits per heavy atom. The van der Waals surface area contributed by atoms with Crippen LogP contribution in [0.25, 0.3) is 0 Å². The van der Waals surface area contributed by atoms with Crippen molar-refractivity contribution in [3.05, 3.63) is 70.3 Å². The van der Waals surface area contributed by atoms with Gasteiger partial charge in [-0.15, -0.1) is 0 Å². The molecule has 1 saturated carbocycles. The van der Waals surface area contributed by atoms with Crippen molar-refractivity contribution in [2.75, 3.05) is 44.6 Å². The molecule has 2 aliphatic carbocycles. The molecule has 8 atom stereocenters. The zero-order valence-electron chi connectivity index (χ0n) is 27.9. The first kappa shape index (κ1) is 36.1. The molecule has 0 saturated heterocycles. The number of carbonyl (C=O) groups is 1. The lowest BCUT2D eigenvalue weighted by Crippen LogP contribution is -2.49. The Morgan fingerprint density at radius 2 is 2.00 bits per heavy atom. The van der Waals surface area contributed by atoms with Crippen LogP contribution in [0.2, 0.25) is 5.02 Å². The number of fused-ring (bicyclic) bond motifs is 4. The predicted molar refractivity (Wildman–Crippen MR) is 191 cm³/mol. The summed E-state index contributed by atoms with van der Waals surface area (Å²) in [5.41, 5.74) is 3.81. The molecule has 6 rings (SSSR count). The fourth-order valence-corrected chi connectivity index (χ4v) is 9.34. The molecule has 1 spiro atoms. The van der Waals surface area contributed by atoms with E-state index in [9.17, 15) is 13.2 Å². The Morgan fingerprint density at radius 3 is 2.74 bits per heavy atom. The Labute approximate surface area is 289 Å². The molecule has 2 aromatic carbocycles. The number of aryl methyl sites for hydroxylation is 1. The van der Waals surface area contributed by atoms with Gasteiger partial charge in [0.05, 0.1) is 24.2 Å². The summed E-state index contributed by atoms with van der Waals surface area (Å²) >= 11 is 5.15. The van der Waals surface area contributed by atoms with Gasteiger partial charge in [0.2, 0.25) is 0 Å². The molecule has 0 radical (unpaired) electrons. The highest BCUT2D eigenvalue weighted by Gasteiger charge is 2.44. The Kier molecular flexibility index (Phi) is 12.3. The first-order valence-corrected chi connectivity index (χ1v) is 19.8. The van der Waals surface area contributed by atoms with Gasteiger partial charge >= 0.3 is 0 Å². The molecule has 2 aliphatic heterocycles. The molecule has 11 heteroatoms. The number of hydrogen-bond donors (Lipinski definition) is 2. The summed E-state index contributed by atoms with van der Waals surface area (Å²) in [5.74, 6) is 1.79. The molecule has 2 aromatic rings. The van der Waals surface area contributed by atoms with Gasteiger partial charge in [0.25, 0.3) is 5.91 Å². The van der Waals surface area contributed by atoms with Gasteiger partial charge in [-0.1, -0.05) is 36.7 Å². The number of ether oxygens (including phenoxy) is 1. The number of nitrogens with zero attached hydrogens (tertiary/aromatic N) is 1. The Bertz CT molecular complexity index is 1500. The molecular weight excluding hydrogens is 656 g/mol. The second-order valence-electron chi connectivity index (χ2n) is 13.5. The summed E-state index contributed by atoms with van der Waals surface area (Å²) in [6, 6.07) is 11.9. The number of carbonyl (C=O) groups excluding carboxylic acids is 1. The number of allylic oxidation sites excluding steroid dienone is 2. The van der Waals surface area contributed by atoms with E-state index in [0.717, 1.165) is 81.6 Å². The van der Waals surface area contributed by atoms with Crippen molar-refractivity contribution in [1.82, 2.24) is 4.72 Å². The normalized spacial score (nSPS) is 31.8. The zero-order valence-corrected chi connectivity index (χ0v) is 30.3. The highest BCUT2D eigenvalue weighted by molar-refractivity contribution is 7.84. The first-order chi connectivity index (χ1) is 22.6. The average molecular weight is 705 g/mol. The van der Waals surface area contributed by atoms with E-state index < -0.39 is 22.1 Å². The second kappa shape index (κ2) is 16.0. The van der Waals surface area contributed by atoms with Crippen LogP contribution in [0.1, 0.15) is 73.9 Å². The van der Waals surface area contributed by atoms with E-state index in [4.69, 9.17) is 25.6 Å². The van der Waals surface area contributed by atoms with Crippen LogP contribution >= 0.6 is 11.6 Å². The highest BCUT2D eigenvalue weighted by atomic mass is 35.5. The van der Waals surface area contributed by atoms with Gasteiger partial charge in [-0.2, -0.15) is 0 Å². The summed E-state index contributed by atoms with van der Waals surface area (Å²) < 4.78 is 39.9. The van der Waals surface area contributed by atoms with Gasteiger partial charge in [-0.3, -0.25) is 13.7 Å². The molecule has 258 valence electrons. The van der Waals surface area contributed by atoms with Crippen LogP contribution in [0.15, 0.2) is 48.6 Å². The molecule has 2 heterocycles. The summed E-state index contributed by atoms with van der Waals surface area (Å²) in [5, 5.41) is 7.55. The van der Waals surface area contributed by atoms with E-state index in [0.29, 0.717) is 36.5 Å². The van der Waals surface area contributed by atoms with Crippen LogP contribution in [0.4, 0.5) is 5.69 Å². The number of rotatable bonds is 4. The van der Waals surface area contributed by atoms with Crippen molar-refractivity contribution in [3.8, 4) is 5.75 Å². The molecule has 2 bridgehead atoms. The van der Waals surface area contributed by atoms with Crippen LogP contribution in [0.3, 0.4) is 0 Å². The molecular formula is C36H49ClN2O6S2. The number of aliphatic hydroxyl groups is 1. The number of amides is 1. The van der Waals surface area contributed by atoms with E-state index in [-0.39, 0.29) is 22.5 Å². The summed E-state index contributed by atoms with van der Waals surface area (Å²) in [7, 11) is -0.532. The zero-order chi connectivity index (χ0) is 33.7. The van der Waals surface area contributed by atoms with Crippen LogP contribution in [-0.2, 0) is 38.1 Å².